The molecule has 2 rings (SSSR count). The van der Waals surface area contributed by atoms with E-state index in [9.17, 15) is 9.90 Å². The van der Waals surface area contributed by atoms with Gasteiger partial charge in [0.25, 0.3) is 0 Å². The molecule has 0 saturated carbocycles. The fourth-order valence-corrected chi connectivity index (χ4v) is 2.58. The zero-order chi connectivity index (χ0) is 14.5. The van der Waals surface area contributed by atoms with Crippen LogP contribution in [-0.2, 0) is 13.0 Å². The minimum atomic E-state index is -0.908. The molecule has 0 bridgehead atoms. The highest BCUT2D eigenvalue weighted by Gasteiger charge is 2.15. The molecule has 4 heteroatoms. The summed E-state index contributed by atoms with van der Waals surface area (Å²) in [5, 5.41) is 9.25. The number of carboxylic acid groups (broad SMARTS) is 1. The SMILES string of the molecule is CCCCCCn1c(CC)nc2c(C(=O)O)cccc21. The van der Waals surface area contributed by atoms with Crippen LogP contribution in [0.15, 0.2) is 18.2 Å². The number of aromatic carboxylic acids is 1. The molecule has 1 heterocycles. The quantitative estimate of drug-likeness (QED) is 0.780. The van der Waals surface area contributed by atoms with Crippen molar-refractivity contribution in [3.63, 3.8) is 0 Å². The number of rotatable bonds is 7. The van der Waals surface area contributed by atoms with Crippen molar-refractivity contribution in [3.05, 3.63) is 29.6 Å². The van der Waals surface area contributed by atoms with Gasteiger partial charge < -0.3 is 9.67 Å². The Morgan fingerprint density at radius 1 is 1.25 bits per heavy atom. The second-order valence-corrected chi connectivity index (χ2v) is 5.07. The molecule has 20 heavy (non-hydrogen) atoms. The molecular formula is C16H22N2O2. The first-order chi connectivity index (χ1) is 9.69. The van der Waals surface area contributed by atoms with E-state index in [0.717, 1.165) is 30.7 Å². The van der Waals surface area contributed by atoms with Gasteiger partial charge in [0, 0.05) is 13.0 Å². The lowest BCUT2D eigenvalue weighted by molar-refractivity contribution is 0.0699. The lowest BCUT2D eigenvalue weighted by Gasteiger charge is -2.07. The van der Waals surface area contributed by atoms with Crippen molar-refractivity contribution >= 4 is 17.0 Å². The normalized spacial score (nSPS) is 11.1. The number of aromatic nitrogens is 2. The van der Waals surface area contributed by atoms with Gasteiger partial charge in [-0.05, 0) is 18.6 Å². The molecule has 1 aromatic heterocycles. The van der Waals surface area contributed by atoms with Crippen molar-refractivity contribution in [2.24, 2.45) is 0 Å². The Hall–Kier alpha value is -1.84. The lowest BCUT2D eigenvalue weighted by Crippen LogP contribution is -2.03. The van der Waals surface area contributed by atoms with Crippen molar-refractivity contribution in [1.82, 2.24) is 9.55 Å². The first-order valence-electron chi connectivity index (χ1n) is 7.40. The Labute approximate surface area is 119 Å². The Morgan fingerprint density at radius 3 is 2.70 bits per heavy atom. The minimum absolute atomic E-state index is 0.296. The summed E-state index contributed by atoms with van der Waals surface area (Å²) in [6.45, 7) is 5.18. The molecule has 0 saturated heterocycles. The first kappa shape index (κ1) is 14.6. The molecule has 0 atom stereocenters. The van der Waals surface area contributed by atoms with E-state index in [2.05, 4.69) is 23.4 Å². The third-order valence-electron chi connectivity index (χ3n) is 3.64. The molecule has 0 aliphatic rings. The van der Waals surface area contributed by atoms with Crippen molar-refractivity contribution in [2.45, 2.75) is 52.5 Å². The molecule has 0 fully saturated rings. The molecule has 0 spiro atoms. The fourth-order valence-electron chi connectivity index (χ4n) is 2.58. The van der Waals surface area contributed by atoms with Crippen LogP contribution in [0.4, 0.5) is 0 Å². The van der Waals surface area contributed by atoms with Crippen LogP contribution in [-0.4, -0.2) is 20.6 Å². The number of carbonyl (C=O) groups is 1. The van der Waals surface area contributed by atoms with Crippen LogP contribution in [0.2, 0.25) is 0 Å². The van der Waals surface area contributed by atoms with E-state index in [1.165, 1.54) is 19.3 Å². The van der Waals surface area contributed by atoms with E-state index in [4.69, 9.17) is 0 Å². The van der Waals surface area contributed by atoms with Crippen LogP contribution in [0, 0.1) is 0 Å². The summed E-state index contributed by atoms with van der Waals surface area (Å²) in [5.41, 5.74) is 1.86. The van der Waals surface area contributed by atoms with Crippen LogP contribution >= 0.6 is 0 Å². The monoisotopic (exact) mass is 274 g/mol. The summed E-state index contributed by atoms with van der Waals surface area (Å²) in [4.78, 5) is 15.8. The highest BCUT2D eigenvalue weighted by atomic mass is 16.4. The molecule has 0 aliphatic heterocycles. The van der Waals surface area contributed by atoms with Gasteiger partial charge in [0.1, 0.15) is 11.3 Å². The summed E-state index contributed by atoms with van der Waals surface area (Å²) in [5.74, 6) is 0.0686. The third kappa shape index (κ3) is 2.84. The number of nitrogens with zero attached hydrogens (tertiary/aromatic N) is 2. The maximum absolute atomic E-state index is 11.3. The van der Waals surface area contributed by atoms with E-state index in [0.29, 0.717) is 11.1 Å². The molecule has 0 radical (unpaired) electrons. The Morgan fingerprint density at radius 2 is 2.05 bits per heavy atom. The maximum Gasteiger partial charge on any atom is 0.337 e. The van der Waals surface area contributed by atoms with Gasteiger partial charge in [-0.2, -0.15) is 0 Å². The van der Waals surface area contributed by atoms with Crippen LogP contribution < -0.4 is 0 Å². The van der Waals surface area contributed by atoms with Gasteiger partial charge in [0.05, 0.1) is 11.1 Å². The van der Waals surface area contributed by atoms with Gasteiger partial charge in [0.2, 0.25) is 0 Å². The molecule has 4 nitrogen and oxygen atoms in total. The van der Waals surface area contributed by atoms with Crippen LogP contribution in [0.3, 0.4) is 0 Å². The summed E-state index contributed by atoms with van der Waals surface area (Å²) >= 11 is 0. The van der Waals surface area contributed by atoms with E-state index in [1.54, 1.807) is 12.1 Å². The number of hydrogen-bond acceptors (Lipinski definition) is 2. The van der Waals surface area contributed by atoms with Crippen molar-refractivity contribution in [3.8, 4) is 0 Å². The van der Waals surface area contributed by atoms with Crippen molar-refractivity contribution in [2.75, 3.05) is 0 Å². The minimum Gasteiger partial charge on any atom is -0.478 e. The highest BCUT2D eigenvalue weighted by molar-refractivity contribution is 6.01. The Kier molecular flexibility index (Phi) is 4.77. The van der Waals surface area contributed by atoms with E-state index in [1.807, 2.05) is 6.07 Å². The summed E-state index contributed by atoms with van der Waals surface area (Å²) < 4.78 is 2.18. The number of imidazole rings is 1. The summed E-state index contributed by atoms with van der Waals surface area (Å²) in [6.07, 6.45) is 5.60. The maximum atomic E-state index is 11.3. The number of aryl methyl sites for hydroxylation is 2. The van der Waals surface area contributed by atoms with Gasteiger partial charge in [-0.15, -0.1) is 0 Å². The molecule has 1 N–H and O–H groups in total. The molecule has 108 valence electrons. The molecule has 0 unspecified atom stereocenters. The predicted octanol–water partition coefficient (Wildman–Crippen LogP) is 3.88. The number of carboxylic acids is 1. The number of unbranched alkanes of at least 4 members (excludes halogenated alkanes) is 3. The average Bonchev–Trinajstić information content (AvgIpc) is 2.81. The lowest BCUT2D eigenvalue weighted by atomic mass is 10.2. The molecule has 0 amide bonds. The topological polar surface area (TPSA) is 55.1 Å². The number of hydrogen-bond donors (Lipinski definition) is 1. The van der Waals surface area contributed by atoms with Crippen molar-refractivity contribution < 1.29 is 9.90 Å². The van der Waals surface area contributed by atoms with Gasteiger partial charge in [0.15, 0.2) is 0 Å². The van der Waals surface area contributed by atoms with Gasteiger partial charge in [-0.3, -0.25) is 0 Å². The summed E-state index contributed by atoms with van der Waals surface area (Å²) in [6, 6.07) is 5.39. The van der Waals surface area contributed by atoms with E-state index >= 15 is 0 Å². The highest BCUT2D eigenvalue weighted by Crippen LogP contribution is 2.21. The number of fused-ring (bicyclic) bond motifs is 1. The van der Waals surface area contributed by atoms with Crippen LogP contribution in [0.1, 0.15) is 55.7 Å². The largest absolute Gasteiger partial charge is 0.478 e. The van der Waals surface area contributed by atoms with Crippen LogP contribution in [0.5, 0.6) is 0 Å². The molecule has 2 aromatic rings. The Balaban J connectivity index is 2.37. The third-order valence-corrected chi connectivity index (χ3v) is 3.64. The van der Waals surface area contributed by atoms with Gasteiger partial charge in [-0.25, -0.2) is 9.78 Å². The van der Waals surface area contributed by atoms with Crippen molar-refractivity contribution in [1.29, 1.82) is 0 Å². The average molecular weight is 274 g/mol. The predicted molar refractivity (Wildman–Crippen MR) is 80.2 cm³/mol. The van der Waals surface area contributed by atoms with E-state index < -0.39 is 5.97 Å². The zero-order valence-electron chi connectivity index (χ0n) is 12.2. The number of para-hydroxylation sites is 1. The molecule has 0 aliphatic carbocycles. The first-order valence-corrected chi connectivity index (χ1v) is 7.40. The number of benzene rings is 1. The standard InChI is InChI=1S/C16H22N2O2/c1-3-5-6-7-11-18-13-10-8-9-12(16(19)20)15(13)17-14(18)4-2/h8-10H,3-7,11H2,1-2H3,(H,19,20). The van der Waals surface area contributed by atoms with Gasteiger partial charge >= 0.3 is 5.97 Å². The zero-order valence-corrected chi connectivity index (χ0v) is 12.2. The fraction of sp³-hybridized carbons (Fsp3) is 0.500. The molecular weight excluding hydrogens is 252 g/mol. The molecule has 1 aromatic carbocycles. The second-order valence-electron chi connectivity index (χ2n) is 5.07. The summed E-state index contributed by atoms with van der Waals surface area (Å²) in [7, 11) is 0. The smallest absolute Gasteiger partial charge is 0.337 e. The van der Waals surface area contributed by atoms with E-state index in [-0.39, 0.29) is 0 Å². The van der Waals surface area contributed by atoms with Gasteiger partial charge in [-0.1, -0.05) is 39.2 Å². The second kappa shape index (κ2) is 6.55. The Bertz CT molecular complexity index is 602. The van der Waals surface area contributed by atoms with Crippen LogP contribution in [0.25, 0.3) is 11.0 Å².